The van der Waals surface area contributed by atoms with Gasteiger partial charge in [-0.1, -0.05) is 57.5 Å². The molecule has 180 valence electrons. The summed E-state index contributed by atoms with van der Waals surface area (Å²) in [6, 6.07) is 7.05. The molecule has 0 saturated carbocycles. The molecule has 8 heteroatoms. The summed E-state index contributed by atoms with van der Waals surface area (Å²) in [6.07, 6.45) is 0. The zero-order chi connectivity index (χ0) is 24.7. The first-order valence-corrected chi connectivity index (χ1v) is 11.3. The van der Waals surface area contributed by atoms with E-state index < -0.39 is 17.9 Å². The molecule has 0 bridgehead atoms. The van der Waals surface area contributed by atoms with Crippen LogP contribution in [-0.2, 0) is 23.8 Å². The number of methoxy groups -OCH3 is 1. The minimum atomic E-state index is -0.752. The van der Waals surface area contributed by atoms with Crippen LogP contribution in [0.25, 0.3) is 0 Å². The lowest BCUT2D eigenvalue weighted by Gasteiger charge is -2.31. The predicted octanol–water partition coefficient (Wildman–Crippen LogP) is 4.32. The highest BCUT2D eigenvalue weighted by molar-refractivity contribution is 6.31. The van der Waals surface area contributed by atoms with Crippen LogP contribution in [0.15, 0.2) is 46.8 Å². The van der Waals surface area contributed by atoms with Crippen LogP contribution >= 0.6 is 11.6 Å². The third kappa shape index (κ3) is 7.65. The molecule has 1 aromatic carbocycles. The Morgan fingerprint density at radius 3 is 2.25 bits per heavy atom. The zero-order valence-electron chi connectivity index (χ0n) is 20.2. The number of nitrogens with one attached hydrogen (secondary N) is 1. The number of benzene rings is 1. The van der Waals surface area contributed by atoms with E-state index in [9.17, 15) is 9.59 Å². The Morgan fingerprint density at radius 2 is 1.72 bits per heavy atom. The van der Waals surface area contributed by atoms with Crippen molar-refractivity contribution < 1.29 is 23.8 Å². The first-order valence-electron chi connectivity index (χ1n) is 10.9. The lowest BCUT2D eigenvalue weighted by molar-refractivity contribution is -0.139. The fourth-order valence-corrected chi connectivity index (χ4v) is 3.36. The topological polar surface area (TPSA) is 99.9 Å². The van der Waals surface area contributed by atoms with E-state index in [0.717, 1.165) is 0 Å². The second-order valence-electron chi connectivity index (χ2n) is 6.06. The van der Waals surface area contributed by atoms with Crippen LogP contribution in [-0.4, -0.2) is 45.4 Å². The summed E-state index contributed by atoms with van der Waals surface area (Å²) < 4.78 is 15.8. The van der Waals surface area contributed by atoms with E-state index in [4.69, 9.17) is 31.5 Å². The van der Waals surface area contributed by atoms with Gasteiger partial charge in [-0.25, -0.2) is 9.59 Å². The normalized spacial score (nSPS) is 15.0. The van der Waals surface area contributed by atoms with Crippen LogP contribution in [0.2, 0.25) is 5.02 Å². The van der Waals surface area contributed by atoms with Crippen LogP contribution in [0, 0.1) is 0 Å². The molecule has 0 fully saturated rings. The molecule has 0 amide bonds. The van der Waals surface area contributed by atoms with Gasteiger partial charge >= 0.3 is 11.9 Å². The molecule has 7 nitrogen and oxygen atoms in total. The summed E-state index contributed by atoms with van der Waals surface area (Å²) in [4.78, 5) is 25.5. The second kappa shape index (κ2) is 16.3. The molecule has 0 aliphatic carbocycles. The summed E-state index contributed by atoms with van der Waals surface area (Å²) in [5, 5.41) is 3.52. The molecule has 2 rings (SSSR count). The molecular formula is C24H37ClN2O5. The number of dihydropyridines is 1. The quantitative estimate of drug-likeness (QED) is 0.433. The smallest absolute Gasteiger partial charge is 0.336 e. The fraction of sp³-hybridized carbons (Fsp3) is 0.500. The lowest BCUT2D eigenvalue weighted by atomic mass is 9.80. The SMILES string of the molecule is CC.CC.CCOC(=O)C1=C(COCCN)NC(C)=C(C(=O)OC)C1c1ccccc1Cl. The van der Waals surface area contributed by atoms with E-state index >= 15 is 0 Å². The monoisotopic (exact) mass is 468 g/mol. The van der Waals surface area contributed by atoms with Crippen molar-refractivity contribution in [2.75, 3.05) is 33.5 Å². The largest absolute Gasteiger partial charge is 0.466 e. The molecule has 3 N–H and O–H groups in total. The van der Waals surface area contributed by atoms with Gasteiger partial charge in [0.15, 0.2) is 0 Å². The molecule has 1 heterocycles. The van der Waals surface area contributed by atoms with Gasteiger partial charge in [-0.3, -0.25) is 0 Å². The van der Waals surface area contributed by atoms with Crippen LogP contribution in [0.1, 0.15) is 53.0 Å². The average molecular weight is 469 g/mol. The molecule has 1 aromatic rings. The number of rotatable bonds is 8. The third-order valence-electron chi connectivity index (χ3n) is 4.27. The number of allylic oxidation sites excluding steroid dienone is 1. The lowest BCUT2D eigenvalue weighted by Crippen LogP contribution is -2.35. The van der Waals surface area contributed by atoms with E-state index in [0.29, 0.717) is 40.7 Å². The Kier molecular flexibility index (Phi) is 15.1. The number of esters is 2. The van der Waals surface area contributed by atoms with Crippen molar-refractivity contribution >= 4 is 23.5 Å². The summed E-state index contributed by atoms with van der Waals surface area (Å²) in [6.45, 7) is 12.4. The summed E-state index contributed by atoms with van der Waals surface area (Å²) in [7, 11) is 1.29. The Balaban J connectivity index is 0.00000227. The van der Waals surface area contributed by atoms with Gasteiger partial charge in [-0.15, -0.1) is 0 Å². The Hall–Kier alpha value is -2.35. The predicted molar refractivity (Wildman–Crippen MR) is 128 cm³/mol. The van der Waals surface area contributed by atoms with Gasteiger partial charge in [0.05, 0.1) is 49.7 Å². The number of halogens is 1. The highest BCUT2D eigenvalue weighted by Crippen LogP contribution is 2.41. The van der Waals surface area contributed by atoms with E-state index in [1.54, 1.807) is 38.1 Å². The van der Waals surface area contributed by atoms with Crippen molar-refractivity contribution in [2.45, 2.75) is 47.5 Å². The van der Waals surface area contributed by atoms with Gasteiger partial charge in [0, 0.05) is 17.3 Å². The van der Waals surface area contributed by atoms with Gasteiger partial charge in [0.25, 0.3) is 0 Å². The van der Waals surface area contributed by atoms with Crippen molar-refractivity contribution in [3.63, 3.8) is 0 Å². The highest BCUT2D eigenvalue weighted by atomic mass is 35.5. The van der Waals surface area contributed by atoms with E-state index in [2.05, 4.69) is 5.32 Å². The minimum absolute atomic E-state index is 0.109. The van der Waals surface area contributed by atoms with Crippen LogP contribution in [0.5, 0.6) is 0 Å². The van der Waals surface area contributed by atoms with Crippen LogP contribution in [0.4, 0.5) is 0 Å². The number of hydrogen-bond acceptors (Lipinski definition) is 7. The Labute approximate surface area is 196 Å². The molecule has 0 radical (unpaired) electrons. The Morgan fingerprint density at radius 1 is 1.09 bits per heavy atom. The molecule has 1 atom stereocenters. The van der Waals surface area contributed by atoms with E-state index in [-0.39, 0.29) is 18.8 Å². The van der Waals surface area contributed by atoms with Crippen molar-refractivity contribution in [3.8, 4) is 0 Å². The molecule has 1 aliphatic heterocycles. The van der Waals surface area contributed by atoms with E-state index in [1.807, 2.05) is 27.7 Å². The number of carbonyl (C=O) groups excluding carboxylic acids is 2. The standard InChI is InChI=1S/C20H25ClN2O5.2C2H6/c1-4-28-20(25)18-15(11-27-10-9-22)23-12(2)16(19(24)26-3)17(18)13-7-5-6-8-14(13)21;2*1-2/h5-8,17,23H,4,9-11,22H2,1-3H3;2*1-2H3. The fourth-order valence-electron chi connectivity index (χ4n) is 3.12. The van der Waals surface area contributed by atoms with Crippen molar-refractivity contribution in [2.24, 2.45) is 5.73 Å². The van der Waals surface area contributed by atoms with Gasteiger partial charge in [-0.05, 0) is 25.5 Å². The number of ether oxygens (including phenoxy) is 3. The molecule has 32 heavy (non-hydrogen) atoms. The first-order chi connectivity index (χ1) is 15.5. The summed E-state index contributed by atoms with van der Waals surface area (Å²) >= 11 is 6.42. The van der Waals surface area contributed by atoms with Gasteiger partial charge in [0.2, 0.25) is 0 Å². The average Bonchev–Trinajstić information content (AvgIpc) is 2.81. The number of hydrogen-bond donors (Lipinski definition) is 2. The maximum absolute atomic E-state index is 12.9. The molecule has 1 aliphatic rings. The van der Waals surface area contributed by atoms with Crippen LogP contribution < -0.4 is 11.1 Å². The zero-order valence-corrected chi connectivity index (χ0v) is 21.0. The summed E-state index contributed by atoms with van der Waals surface area (Å²) in [5.74, 6) is -1.86. The first kappa shape index (κ1) is 29.7. The van der Waals surface area contributed by atoms with Gasteiger partial charge in [0.1, 0.15) is 0 Å². The second-order valence-corrected chi connectivity index (χ2v) is 6.47. The van der Waals surface area contributed by atoms with Gasteiger partial charge in [-0.2, -0.15) is 0 Å². The maximum atomic E-state index is 12.9. The molecule has 1 unspecified atom stereocenters. The van der Waals surface area contributed by atoms with Crippen molar-refractivity contribution in [1.29, 1.82) is 0 Å². The number of carbonyl (C=O) groups is 2. The third-order valence-corrected chi connectivity index (χ3v) is 4.61. The number of nitrogens with two attached hydrogens (primary N) is 1. The molecule has 0 aromatic heterocycles. The molecule has 0 saturated heterocycles. The van der Waals surface area contributed by atoms with E-state index in [1.165, 1.54) is 7.11 Å². The molecule has 0 spiro atoms. The molecular weight excluding hydrogens is 432 g/mol. The Bertz CT molecular complexity index is 805. The summed E-state index contributed by atoms with van der Waals surface area (Å²) in [5.41, 5.74) is 7.70. The highest BCUT2D eigenvalue weighted by Gasteiger charge is 2.39. The van der Waals surface area contributed by atoms with Crippen LogP contribution in [0.3, 0.4) is 0 Å². The van der Waals surface area contributed by atoms with Crippen molar-refractivity contribution in [1.82, 2.24) is 5.32 Å². The van der Waals surface area contributed by atoms with Crippen molar-refractivity contribution in [3.05, 3.63) is 57.4 Å². The van der Waals surface area contributed by atoms with Gasteiger partial charge < -0.3 is 25.3 Å². The maximum Gasteiger partial charge on any atom is 0.336 e. The minimum Gasteiger partial charge on any atom is -0.466 e.